The minimum absolute atomic E-state index is 0.607. The van der Waals surface area contributed by atoms with E-state index in [2.05, 4.69) is 24.5 Å². The third-order valence-electron chi connectivity index (χ3n) is 1.21. The van der Waals surface area contributed by atoms with Crippen molar-refractivity contribution in [2.24, 2.45) is 5.92 Å². The van der Waals surface area contributed by atoms with Gasteiger partial charge in [-0.2, -0.15) is 12.6 Å². The number of hydrogen-bond acceptors (Lipinski definition) is 4. The van der Waals surface area contributed by atoms with E-state index >= 15 is 0 Å². The van der Waals surface area contributed by atoms with Gasteiger partial charge in [0, 0.05) is 5.75 Å². The highest BCUT2D eigenvalue weighted by atomic mass is 32.2. The van der Waals surface area contributed by atoms with Crippen LogP contribution in [-0.2, 0) is 0 Å². The largest absolute Gasteiger partial charge is 0.440 e. The normalized spacial score (nSPS) is 13.3. The number of oxazole rings is 1. The van der Waals surface area contributed by atoms with Gasteiger partial charge in [-0.05, 0) is 11.7 Å². The SMILES string of the molecule is CC(CS)CSc1ncco1. The van der Waals surface area contributed by atoms with Crippen molar-refractivity contribution in [3.8, 4) is 0 Å². The summed E-state index contributed by atoms with van der Waals surface area (Å²) in [6.07, 6.45) is 3.25. The van der Waals surface area contributed by atoms with E-state index in [0.717, 1.165) is 16.7 Å². The first-order valence-electron chi connectivity index (χ1n) is 3.46. The summed E-state index contributed by atoms with van der Waals surface area (Å²) in [6.45, 7) is 2.16. The fraction of sp³-hybridized carbons (Fsp3) is 0.571. The van der Waals surface area contributed by atoms with Gasteiger partial charge >= 0.3 is 0 Å². The number of hydrogen-bond donors (Lipinski definition) is 1. The summed E-state index contributed by atoms with van der Waals surface area (Å²) in [5, 5.41) is 0.749. The minimum Gasteiger partial charge on any atom is -0.440 e. The van der Waals surface area contributed by atoms with Crippen LogP contribution in [0.3, 0.4) is 0 Å². The molecule has 0 saturated heterocycles. The van der Waals surface area contributed by atoms with E-state index in [1.807, 2.05) is 0 Å². The summed E-state index contributed by atoms with van der Waals surface area (Å²) < 4.78 is 5.06. The summed E-state index contributed by atoms with van der Waals surface area (Å²) in [5.74, 6) is 2.53. The van der Waals surface area contributed by atoms with Gasteiger partial charge in [0.2, 0.25) is 0 Å². The lowest BCUT2D eigenvalue weighted by Gasteiger charge is -2.03. The van der Waals surface area contributed by atoms with Gasteiger partial charge in [0.25, 0.3) is 5.22 Å². The van der Waals surface area contributed by atoms with Crippen LogP contribution in [0.15, 0.2) is 22.1 Å². The van der Waals surface area contributed by atoms with Crippen LogP contribution in [0.4, 0.5) is 0 Å². The standard InChI is InChI=1S/C7H11NOS2/c1-6(4-10)5-11-7-8-2-3-9-7/h2-3,6,10H,4-5H2,1H3. The predicted molar refractivity (Wildman–Crippen MR) is 50.2 cm³/mol. The quantitative estimate of drug-likeness (QED) is 0.581. The van der Waals surface area contributed by atoms with Gasteiger partial charge in [-0.25, -0.2) is 4.98 Å². The molecular formula is C7H11NOS2. The van der Waals surface area contributed by atoms with E-state index in [-0.39, 0.29) is 0 Å². The Bertz CT molecular complexity index is 188. The topological polar surface area (TPSA) is 26.0 Å². The average Bonchev–Trinajstić information content (AvgIpc) is 2.52. The van der Waals surface area contributed by atoms with Crippen LogP contribution in [0, 0.1) is 5.92 Å². The zero-order chi connectivity index (χ0) is 8.10. The number of thioether (sulfide) groups is 1. The van der Waals surface area contributed by atoms with Gasteiger partial charge in [0.1, 0.15) is 6.26 Å². The van der Waals surface area contributed by atoms with Crippen molar-refractivity contribution in [3.63, 3.8) is 0 Å². The lowest BCUT2D eigenvalue weighted by atomic mass is 10.3. The maximum Gasteiger partial charge on any atom is 0.255 e. The Morgan fingerprint density at radius 3 is 3.18 bits per heavy atom. The van der Waals surface area contributed by atoms with E-state index in [9.17, 15) is 0 Å². The van der Waals surface area contributed by atoms with Crippen LogP contribution >= 0.6 is 24.4 Å². The fourth-order valence-electron chi connectivity index (χ4n) is 0.548. The first kappa shape index (κ1) is 9.00. The maximum absolute atomic E-state index is 5.06. The van der Waals surface area contributed by atoms with Gasteiger partial charge in [0.15, 0.2) is 0 Å². The molecule has 0 aliphatic rings. The number of thiol groups is 1. The van der Waals surface area contributed by atoms with Crippen LogP contribution < -0.4 is 0 Å². The molecule has 0 amide bonds. The zero-order valence-corrected chi connectivity index (χ0v) is 8.07. The molecule has 0 radical (unpaired) electrons. The smallest absolute Gasteiger partial charge is 0.255 e. The molecule has 0 aliphatic carbocycles. The van der Waals surface area contributed by atoms with Crippen molar-refractivity contribution in [2.45, 2.75) is 12.1 Å². The number of aromatic nitrogens is 1. The molecule has 0 N–H and O–H groups in total. The molecule has 1 aromatic heterocycles. The van der Waals surface area contributed by atoms with Gasteiger partial charge in [-0.3, -0.25) is 0 Å². The average molecular weight is 189 g/mol. The molecule has 0 bridgehead atoms. The monoisotopic (exact) mass is 189 g/mol. The number of nitrogens with zero attached hydrogens (tertiary/aromatic N) is 1. The first-order chi connectivity index (χ1) is 5.33. The van der Waals surface area contributed by atoms with E-state index in [4.69, 9.17) is 4.42 Å². The maximum atomic E-state index is 5.06. The Kier molecular flexibility index (Phi) is 3.86. The molecular weight excluding hydrogens is 178 g/mol. The predicted octanol–water partition coefficient (Wildman–Crippen LogP) is 2.33. The highest BCUT2D eigenvalue weighted by molar-refractivity contribution is 7.99. The van der Waals surface area contributed by atoms with Crippen molar-refractivity contribution < 1.29 is 4.42 Å². The molecule has 4 heteroatoms. The van der Waals surface area contributed by atoms with Crippen molar-refractivity contribution in [1.82, 2.24) is 4.98 Å². The summed E-state index contributed by atoms with van der Waals surface area (Å²) in [5.41, 5.74) is 0. The molecule has 2 nitrogen and oxygen atoms in total. The minimum atomic E-state index is 0.607. The van der Waals surface area contributed by atoms with Crippen molar-refractivity contribution in [2.75, 3.05) is 11.5 Å². The summed E-state index contributed by atoms with van der Waals surface area (Å²) >= 11 is 5.82. The summed E-state index contributed by atoms with van der Waals surface area (Å²) in [4.78, 5) is 3.99. The molecule has 1 aromatic rings. The molecule has 1 unspecified atom stereocenters. The second-order valence-corrected chi connectivity index (χ2v) is 3.73. The molecule has 11 heavy (non-hydrogen) atoms. The van der Waals surface area contributed by atoms with Crippen molar-refractivity contribution in [3.05, 3.63) is 12.5 Å². The molecule has 62 valence electrons. The van der Waals surface area contributed by atoms with E-state index in [1.165, 1.54) is 0 Å². The third-order valence-corrected chi connectivity index (χ3v) is 3.02. The lowest BCUT2D eigenvalue weighted by molar-refractivity contribution is 0.453. The van der Waals surface area contributed by atoms with Crippen molar-refractivity contribution in [1.29, 1.82) is 0 Å². The van der Waals surface area contributed by atoms with Gasteiger partial charge < -0.3 is 4.42 Å². The Balaban J connectivity index is 2.23. The van der Waals surface area contributed by atoms with Crippen LogP contribution in [0.25, 0.3) is 0 Å². The van der Waals surface area contributed by atoms with Crippen LogP contribution in [-0.4, -0.2) is 16.5 Å². The van der Waals surface area contributed by atoms with E-state index in [0.29, 0.717) is 5.92 Å². The first-order valence-corrected chi connectivity index (χ1v) is 5.08. The summed E-state index contributed by atoms with van der Waals surface area (Å²) in [6, 6.07) is 0. The zero-order valence-electron chi connectivity index (χ0n) is 6.36. The highest BCUT2D eigenvalue weighted by Gasteiger charge is 2.02. The highest BCUT2D eigenvalue weighted by Crippen LogP contribution is 2.18. The Hall–Kier alpha value is -0.0900. The molecule has 0 fully saturated rings. The second-order valence-electron chi connectivity index (χ2n) is 2.40. The number of rotatable bonds is 4. The second kappa shape index (κ2) is 4.72. The molecule has 1 atom stereocenters. The summed E-state index contributed by atoms with van der Waals surface area (Å²) in [7, 11) is 0. The lowest BCUT2D eigenvalue weighted by Crippen LogP contribution is -1.98. The van der Waals surface area contributed by atoms with Gasteiger partial charge in [-0.1, -0.05) is 18.7 Å². The molecule has 1 rings (SSSR count). The third kappa shape index (κ3) is 3.20. The Labute approximate surface area is 76.2 Å². The fourth-order valence-corrected chi connectivity index (χ4v) is 1.66. The van der Waals surface area contributed by atoms with Crippen LogP contribution in [0.5, 0.6) is 0 Å². The Morgan fingerprint density at radius 1 is 1.82 bits per heavy atom. The van der Waals surface area contributed by atoms with Crippen LogP contribution in [0.2, 0.25) is 0 Å². The molecule has 0 aromatic carbocycles. The van der Waals surface area contributed by atoms with E-state index in [1.54, 1.807) is 24.2 Å². The molecule has 0 spiro atoms. The molecule has 0 saturated carbocycles. The van der Waals surface area contributed by atoms with E-state index < -0.39 is 0 Å². The van der Waals surface area contributed by atoms with Crippen LogP contribution in [0.1, 0.15) is 6.92 Å². The molecule has 0 aliphatic heterocycles. The van der Waals surface area contributed by atoms with Gasteiger partial charge in [-0.15, -0.1) is 0 Å². The Morgan fingerprint density at radius 2 is 2.64 bits per heavy atom. The van der Waals surface area contributed by atoms with Gasteiger partial charge in [0.05, 0.1) is 6.20 Å². The molecule has 1 heterocycles. The van der Waals surface area contributed by atoms with Crippen molar-refractivity contribution >= 4 is 24.4 Å².